The number of nitrogens with zero attached hydrogens (tertiary/aromatic N) is 1. The minimum Gasteiger partial charge on any atom is -0.488 e. The van der Waals surface area contributed by atoms with Crippen LogP contribution in [0.25, 0.3) is 6.08 Å². The van der Waals surface area contributed by atoms with Crippen molar-refractivity contribution in [3.63, 3.8) is 0 Å². The molecule has 0 aliphatic rings. The molecule has 0 aromatic heterocycles. The van der Waals surface area contributed by atoms with Crippen LogP contribution in [0.5, 0.6) is 0 Å². The molecule has 0 spiro atoms. The molecule has 37 heavy (non-hydrogen) atoms. The largest absolute Gasteiger partial charge is 0.488 e. The van der Waals surface area contributed by atoms with Crippen LogP contribution in [0.2, 0.25) is 0 Å². The fourth-order valence-electron chi connectivity index (χ4n) is 4.28. The first kappa shape index (κ1) is 34.7. The Hall–Kier alpha value is -2.27. The lowest BCUT2D eigenvalue weighted by molar-refractivity contribution is -0.929. The van der Waals surface area contributed by atoms with Gasteiger partial charge in [-0.15, -0.1) is 6.42 Å². The van der Waals surface area contributed by atoms with Crippen LogP contribution in [0.1, 0.15) is 104 Å². The zero-order chi connectivity index (χ0) is 27.9. The number of esters is 2. The monoisotopic (exact) mass is 517 g/mol. The molecule has 1 rings (SSSR count). The highest BCUT2D eigenvalue weighted by Gasteiger charge is 2.24. The van der Waals surface area contributed by atoms with Gasteiger partial charge < -0.3 is 14.0 Å². The molecule has 0 radical (unpaired) electrons. The van der Waals surface area contributed by atoms with Gasteiger partial charge in [-0.1, -0.05) is 95.9 Å². The van der Waals surface area contributed by atoms with Gasteiger partial charge in [-0.3, -0.25) is 9.59 Å². The average Bonchev–Trinajstić information content (AvgIpc) is 2.91. The van der Waals surface area contributed by atoms with Gasteiger partial charge in [0.15, 0.2) is 11.9 Å². The Kier molecular flexibility index (Phi) is 20.4. The summed E-state index contributed by atoms with van der Waals surface area (Å²) in [4.78, 5) is 23.6. The van der Waals surface area contributed by atoms with E-state index in [-0.39, 0.29) is 25.6 Å². The van der Waals surface area contributed by atoms with Crippen molar-refractivity contribution >= 4 is 18.0 Å². The molecule has 0 saturated heterocycles. The topological polar surface area (TPSA) is 52.6 Å². The summed E-state index contributed by atoms with van der Waals surface area (Å²) in [6.07, 6.45) is 13.0. The standard InChI is InChI=1S/C16H36N.C16H19O4/c1-5-9-13-17(14-10-6-2,15-11-7-3)16-12-8-4;1-4-12-7-9-13(10-8-12)11-14(15(17)19-5-2)16(18)20-6-3/h5-16H2,1-4H3;4,7-10H,1,5-6,11H2,2-3H3/q+1;-1. The maximum absolute atomic E-state index is 11.8. The summed E-state index contributed by atoms with van der Waals surface area (Å²) in [5.74, 6) is -1.24. The summed E-state index contributed by atoms with van der Waals surface area (Å²) in [6.45, 7) is 22.5. The van der Waals surface area contributed by atoms with E-state index in [2.05, 4.69) is 34.3 Å². The van der Waals surface area contributed by atoms with Crippen LogP contribution in [-0.2, 0) is 25.5 Å². The number of hydrogen-bond donors (Lipinski definition) is 0. The lowest BCUT2D eigenvalue weighted by atomic mass is 9.98. The fourth-order valence-corrected chi connectivity index (χ4v) is 4.28. The zero-order valence-electron chi connectivity index (χ0n) is 24.8. The quantitative estimate of drug-likeness (QED) is 0.0821. The highest BCUT2D eigenvalue weighted by molar-refractivity contribution is 6.10. The third-order valence-corrected chi connectivity index (χ3v) is 6.58. The highest BCUT2D eigenvalue weighted by Crippen LogP contribution is 2.17. The van der Waals surface area contributed by atoms with Crippen LogP contribution in [0.4, 0.5) is 0 Å². The van der Waals surface area contributed by atoms with E-state index in [0.717, 1.165) is 11.1 Å². The lowest BCUT2D eigenvalue weighted by Crippen LogP contribution is -2.50. The molecule has 1 aromatic rings. The van der Waals surface area contributed by atoms with E-state index < -0.39 is 11.9 Å². The summed E-state index contributed by atoms with van der Waals surface area (Å²) in [5, 5.41) is 0. The number of rotatable bonds is 19. The second-order valence-corrected chi connectivity index (χ2v) is 9.69. The molecule has 5 heteroatoms. The Labute approximate surface area is 228 Å². The summed E-state index contributed by atoms with van der Waals surface area (Å²) < 4.78 is 11.2. The van der Waals surface area contributed by atoms with Gasteiger partial charge in [0, 0.05) is 0 Å². The van der Waals surface area contributed by atoms with E-state index in [1.54, 1.807) is 19.9 Å². The van der Waals surface area contributed by atoms with Crippen LogP contribution in [-0.4, -0.2) is 55.8 Å². The highest BCUT2D eigenvalue weighted by atomic mass is 16.6. The fraction of sp³-hybridized carbons (Fsp3) is 0.656. The molecule has 0 atom stereocenters. The van der Waals surface area contributed by atoms with Gasteiger partial charge in [0.25, 0.3) is 0 Å². The Morgan fingerprint density at radius 1 is 0.730 bits per heavy atom. The van der Waals surface area contributed by atoms with Crippen molar-refractivity contribution in [2.24, 2.45) is 0 Å². The third kappa shape index (κ3) is 14.9. The second-order valence-electron chi connectivity index (χ2n) is 9.69. The Morgan fingerprint density at radius 3 is 1.41 bits per heavy atom. The number of benzene rings is 1. The van der Waals surface area contributed by atoms with Gasteiger partial charge in [-0.05, 0) is 45.1 Å². The Balaban J connectivity index is 0.000000712. The van der Waals surface area contributed by atoms with Crippen LogP contribution in [0.3, 0.4) is 0 Å². The summed E-state index contributed by atoms with van der Waals surface area (Å²) in [5.41, 5.74) is 1.81. The van der Waals surface area contributed by atoms with E-state index in [1.807, 2.05) is 24.3 Å². The van der Waals surface area contributed by atoms with Crippen molar-refractivity contribution in [3.05, 3.63) is 47.9 Å². The summed E-state index contributed by atoms with van der Waals surface area (Å²) >= 11 is 0. The molecule has 0 unspecified atom stereocenters. The van der Waals surface area contributed by atoms with Crippen molar-refractivity contribution in [1.82, 2.24) is 0 Å². The molecule has 212 valence electrons. The molecule has 0 N–H and O–H groups in total. The Morgan fingerprint density at radius 2 is 1.11 bits per heavy atom. The van der Waals surface area contributed by atoms with Crippen molar-refractivity contribution in [3.8, 4) is 0 Å². The predicted octanol–water partition coefficient (Wildman–Crippen LogP) is 7.58. The first-order chi connectivity index (χ1) is 17.9. The maximum Gasteiger partial charge on any atom is 0.179 e. The van der Waals surface area contributed by atoms with Gasteiger partial charge in [0.1, 0.15) is 0 Å². The molecule has 1 aromatic carbocycles. The van der Waals surface area contributed by atoms with E-state index in [0.29, 0.717) is 0 Å². The summed E-state index contributed by atoms with van der Waals surface area (Å²) in [6, 6.07) is 7.43. The zero-order valence-corrected chi connectivity index (χ0v) is 24.8. The van der Waals surface area contributed by atoms with Crippen molar-refractivity contribution < 1.29 is 23.5 Å². The van der Waals surface area contributed by atoms with E-state index in [9.17, 15) is 9.59 Å². The van der Waals surface area contributed by atoms with E-state index in [1.165, 1.54) is 82.0 Å². The van der Waals surface area contributed by atoms with E-state index in [4.69, 9.17) is 9.47 Å². The van der Waals surface area contributed by atoms with Crippen LogP contribution in [0, 0.1) is 5.92 Å². The second kappa shape index (κ2) is 21.8. The summed E-state index contributed by atoms with van der Waals surface area (Å²) in [7, 11) is 0. The lowest BCUT2D eigenvalue weighted by Gasteiger charge is -2.39. The normalized spacial score (nSPS) is 10.8. The van der Waals surface area contributed by atoms with Gasteiger partial charge in [-0.25, -0.2) is 0 Å². The van der Waals surface area contributed by atoms with Crippen molar-refractivity contribution in [2.45, 2.75) is 99.3 Å². The molecule has 0 bridgehead atoms. The van der Waals surface area contributed by atoms with Gasteiger partial charge >= 0.3 is 0 Å². The average molecular weight is 518 g/mol. The number of hydrogen-bond acceptors (Lipinski definition) is 4. The SMILES string of the molecule is C=Cc1ccc(C[C-](C(=O)OCC)C(=O)OCC)cc1.CCCC[N+](CCCC)(CCCC)CCCC. The molecule has 0 saturated carbocycles. The minimum atomic E-state index is -0.626. The van der Waals surface area contributed by atoms with E-state index >= 15 is 0 Å². The molecule has 0 heterocycles. The molecular weight excluding hydrogens is 462 g/mol. The number of quaternary nitrogens is 1. The maximum atomic E-state index is 11.8. The minimum absolute atomic E-state index is 0.0139. The number of carbonyl (C=O) groups is 2. The molecular formula is C32H55NO4. The number of carbonyl (C=O) groups excluding carboxylic acids is 2. The predicted molar refractivity (Wildman–Crippen MR) is 156 cm³/mol. The third-order valence-electron chi connectivity index (χ3n) is 6.58. The van der Waals surface area contributed by atoms with Crippen molar-refractivity contribution in [2.75, 3.05) is 39.4 Å². The first-order valence-corrected chi connectivity index (χ1v) is 14.6. The number of ether oxygens (including phenoxy) is 2. The molecule has 0 fully saturated rings. The number of unbranched alkanes of at least 4 members (excludes halogenated alkanes) is 4. The van der Waals surface area contributed by atoms with Gasteiger partial charge in [0.05, 0.1) is 39.4 Å². The van der Waals surface area contributed by atoms with Crippen molar-refractivity contribution in [1.29, 1.82) is 0 Å². The molecule has 5 nitrogen and oxygen atoms in total. The van der Waals surface area contributed by atoms with Gasteiger partial charge in [0.2, 0.25) is 0 Å². The van der Waals surface area contributed by atoms with Crippen LogP contribution in [0.15, 0.2) is 30.8 Å². The first-order valence-electron chi connectivity index (χ1n) is 14.6. The Bertz CT molecular complexity index is 673. The molecule has 0 aliphatic carbocycles. The smallest absolute Gasteiger partial charge is 0.179 e. The van der Waals surface area contributed by atoms with Gasteiger partial charge in [-0.2, -0.15) is 5.92 Å². The van der Waals surface area contributed by atoms with Crippen LogP contribution < -0.4 is 0 Å². The molecule has 0 amide bonds. The van der Waals surface area contributed by atoms with Crippen LogP contribution >= 0.6 is 0 Å². The molecule has 0 aliphatic heterocycles.